The highest BCUT2D eigenvalue weighted by Crippen LogP contribution is 2.24. The van der Waals surface area contributed by atoms with E-state index in [2.05, 4.69) is 4.98 Å². The van der Waals surface area contributed by atoms with Crippen molar-refractivity contribution in [2.24, 2.45) is 0 Å². The Labute approximate surface area is 108 Å². The van der Waals surface area contributed by atoms with Crippen LogP contribution in [0.5, 0.6) is 0 Å². The maximum atomic E-state index is 12.1. The third kappa shape index (κ3) is 1.64. The number of carbonyl (C=O) groups excluding carboxylic acids is 2. The molecule has 1 aliphatic rings. The molecule has 3 rings (SSSR count). The SMILES string of the molecule is Cc1nc(CN2C(=O)c3ccccc3C2=O)cs1. The summed E-state index contributed by atoms with van der Waals surface area (Å²) in [5, 5.41) is 2.81. The second-order valence-corrected chi connectivity index (χ2v) is 5.16. The van der Waals surface area contributed by atoms with E-state index in [0.29, 0.717) is 11.1 Å². The lowest BCUT2D eigenvalue weighted by atomic mass is 10.1. The van der Waals surface area contributed by atoms with Crippen LogP contribution >= 0.6 is 11.3 Å². The van der Waals surface area contributed by atoms with Gasteiger partial charge in [-0.15, -0.1) is 11.3 Å². The van der Waals surface area contributed by atoms with E-state index in [1.54, 1.807) is 24.3 Å². The van der Waals surface area contributed by atoms with Gasteiger partial charge in [-0.1, -0.05) is 12.1 Å². The Morgan fingerprint density at radius 3 is 2.28 bits per heavy atom. The van der Waals surface area contributed by atoms with Crippen LogP contribution in [0.4, 0.5) is 0 Å². The van der Waals surface area contributed by atoms with Crippen LogP contribution < -0.4 is 0 Å². The molecule has 1 aromatic carbocycles. The Morgan fingerprint density at radius 2 is 1.78 bits per heavy atom. The Bertz CT molecular complexity index is 613. The zero-order chi connectivity index (χ0) is 12.7. The van der Waals surface area contributed by atoms with Crippen LogP contribution in [0.1, 0.15) is 31.4 Å². The third-order valence-electron chi connectivity index (χ3n) is 2.86. The summed E-state index contributed by atoms with van der Waals surface area (Å²) < 4.78 is 0. The highest BCUT2D eigenvalue weighted by molar-refractivity contribution is 7.09. The molecule has 18 heavy (non-hydrogen) atoms. The fourth-order valence-electron chi connectivity index (χ4n) is 2.03. The fourth-order valence-corrected chi connectivity index (χ4v) is 2.63. The maximum absolute atomic E-state index is 12.1. The van der Waals surface area contributed by atoms with Gasteiger partial charge in [0.25, 0.3) is 11.8 Å². The summed E-state index contributed by atoms with van der Waals surface area (Å²) in [5.41, 5.74) is 1.72. The molecule has 2 heterocycles. The molecule has 1 aromatic heterocycles. The van der Waals surface area contributed by atoms with Gasteiger partial charge < -0.3 is 0 Å². The first-order valence-electron chi connectivity index (χ1n) is 5.53. The molecule has 5 heteroatoms. The fraction of sp³-hybridized carbons (Fsp3) is 0.154. The number of aryl methyl sites for hydroxylation is 1. The van der Waals surface area contributed by atoms with Crippen LogP contribution in [0.15, 0.2) is 29.6 Å². The second-order valence-electron chi connectivity index (χ2n) is 4.10. The molecule has 0 N–H and O–H groups in total. The van der Waals surface area contributed by atoms with E-state index in [9.17, 15) is 9.59 Å². The normalized spacial score (nSPS) is 14.2. The lowest BCUT2D eigenvalue weighted by Gasteiger charge is -2.11. The lowest BCUT2D eigenvalue weighted by molar-refractivity contribution is 0.0640. The van der Waals surface area contributed by atoms with Gasteiger partial charge in [0, 0.05) is 5.38 Å². The van der Waals surface area contributed by atoms with E-state index in [-0.39, 0.29) is 18.4 Å². The zero-order valence-electron chi connectivity index (χ0n) is 9.71. The van der Waals surface area contributed by atoms with Crippen LogP contribution in [0.3, 0.4) is 0 Å². The number of rotatable bonds is 2. The molecule has 0 radical (unpaired) electrons. The third-order valence-corrected chi connectivity index (χ3v) is 3.69. The second kappa shape index (κ2) is 4.03. The summed E-state index contributed by atoms with van der Waals surface area (Å²) in [4.78, 5) is 29.7. The Morgan fingerprint density at radius 1 is 1.17 bits per heavy atom. The Hall–Kier alpha value is -2.01. The first-order valence-corrected chi connectivity index (χ1v) is 6.41. The Balaban J connectivity index is 1.92. The number of imide groups is 1. The van der Waals surface area contributed by atoms with E-state index in [1.165, 1.54) is 16.2 Å². The van der Waals surface area contributed by atoms with Gasteiger partial charge in [0.15, 0.2) is 0 Å². The number of aromatic nitrogens is 1. The predicted octanol–water partition coefficient (Wildman–Crippen LogP) is 2.25. The first-order chi connectivity index (χ1) is 8.66. The number of thiazole rings is 1. The van der Waals surface area contributed by atoms with Crippen LogP contribution in [-0.2, 0) is 6.54 Å². The molecule has 1 aliphatic heterocycles. The minimum Gasteiger partial charge on any atom is -0.269 e. The van der Waals surface area contributed by atoms with Gasteiger partial charge in [0.05, 0.1) is 28.4 Å². The Kier molecular flexibility index (Phi) is 2.48. The van der Waals surface area contributed by atoms with Gasteiger partial charge in [-0.05, 0) is 19.1 Å². The first kappa shape index (κ1) is 11.1. The van der Waals surface area contributed by atoms with Crippen LogP contribution in [0.25, 0.3) is 0 Å². The van der Waals surface area contributed by atoms with Crippen molar-refractivity contribution < 1.29 is 9.59 Å². The number of benzene rings is 1. The smallest absolute Gasteiger partial charge is 0.261 e. The topological polar surface area (TPSA) is 50.3 Å². The number of hydrogen-bond donors (Lipinski definition) is 0. The van der Waals surface area contributed by atoms with E-state index in [0.717, 1.165) is 10.7 Å². The van der Waals surface area contributed by atoms with Crippen LogP contribution in [0.2, 0.25) is 0 Å². The van der Waals surface area contributed by atoms with Crippen molar-refractivity contribution >= 4 is 23.2 Å². The molecule has 90 valence electrons. The molecule has 0 saturated heterocycles. The molecule has 4 nitrogen and oxygen atoms in total. The van der Waals surface area contributed by atoms with Gasteiger partial charge in [-0.25, -0.2) is 4.98 Å². The number of amides is 2. The van der Waals surface area contributed by atoms with Crippen molar-refractivity contribution in [1.82, 2.24) is 9.88 Å². The van der Waals surface area contributed by atoms with E-state index < -0.39 is 0 Å². The largest absolute Gasteiger partial charge is 0.269 e. The highest BCUT2D eigenvalue weighted by atomic mass is 32.1. The van der Waals surface area contributed by atoms with E-state index in [4.69, 9.17) is 0 Å². The molecule has 2 amide bonds. The number of hydrogen-bond acceptors (Lipinski definition) is 4. The van der Waals surface area contributed by atoms with E-state index in [1.807, 2.05) is 12.3 Å². The lowest BCUT2D eigenvalue weighted by Crippen LogP contribution is -2.29. The molecule has 0 saturated carbocycles. The van der Waals surface area contributed by atoms with Crippen molar-refractivity contribution in [2.45, 2.75) is 13.5 Å². The summed E-state index contributed by atoms with van der Waals surface area (Å²) >= 11 is 1.51. The van der Waals surface area contributed by atoms with Gasteiger partial charge in [0.1, 0.15) is 0 Å². The number of fused-ring (bicyclic) bond motifs is 1. The summed E-state index contributed by atoms with van der Waals surface area (Å²) in [6, 6.07) is 6.89. The van der Waals surface area contributed by atoms with E-state index >= 15 is 0 Å². The van der Waals surface area contributed by atoms with Gasteiger partial charge in [-0.3, -0.25) is 14.5 Å². The molecular weight excluding hydrogens is 248 g/mol. The molecule has 2 aromatic rings. The van der Waals surface area contributed by atoms with Gasteiger partial charge in [0.2, 0.25) is 0 Å². The van der Waals surface area contributed by atoms with Crippen molar-refractivity contribution in [2.75, 3.05) is 0 Å². The standard InChI is InChI=1S/C13H10N2O2S/c1-8-14-9(7-18-8)6-15-12(16)10-4-2-3-5-11(10)13(15)17/h2-5,7H,6H2,1H3. The van der Waals surface area contributed by atoms with Gasteiger partial charge in [-0.2, -0.15) is 0 Å². The quantitative estimate of drug-likeness (QED) is 0.776. The van der Waals surface area contributed by atoms with Crippen molar-refractivity contribution in [3.63, 3.8) is 0 Å². The summed E-state index contributed by atoms with van der Waals surface area (Å²) in [6.07, 6.45) is 0. The molecule has 0 fully saturated rings. The van der Waals surface area contributed by atoms with Crippen LogP contribution in [0, 0.1) is 6.92 Å². The molecule has 0 atom stereocenters. The average molecular weight is 258 g/mol. The molecule has 0 spiro atoms. The maximum Gasteiger partial charge on any atom is 0.261 e. The summed E-state index contributed by atoms with van der Waals surface area (Å²) in [5.74, 6) is -0.470. The predicted molar refractivity (Wildman–Crippen MR) is 67.5 cm³/mol. The number of carbonyl (C=O) groups is 2. The molecule has 0 bridgehead atoms. The van der Waals surface area contributed by atoms with Crippen molar-refractivity contribution in [1.29, 1.82) is 0 Å². The van der Waals surface area contributed by atoms with Crippen LogP contribution in [-0.4, -0.2) is 21.7 Å². The summed E-state index contributed by atoms with van der Waals surface area (Å²) in [7, 11) is 0. The minimum absolute atomic E-state index is 0.235. The monoisotopic (exact) mass is 258 g/mol. The van der Waals surface area contributed by atoms with Crippen molar-refractivity contribution in [3.8, 4) is 0 Å². The zero-order valence-corrected chi connectivity index (χ0v) is 10.5. The number of nitrogens with zero attached hydrogens (tertiary/aromatic N) is 2. The summed E-state index contributed by atoms with van der Waals surface area (Å²) in [6.45, 7) is 2.15. The molecule has 0 aliphatic carbocycles. The molecule has 0 unspecified atom stereocenters. The van der Waals surface area contributed by atoms with Crippen molar-refractivity contribution in [3.05, 3.63) is 51.5 Å². The highest BCUT2D eigenvalue weighted by Gasteiger charge is 2.35. The van der Waals surface area contributed by atoms with Gasteiger partial charge >= 0.3 is 0 Å². The average Bonchev–Trinajstić information content (AvgIpc) is 2.88. The molecular formula is C13H10N2O2S. The minimum atomic E-state index is -0.235.